The summed E-state index contributed by atoms with van der Waals surface area (Å²) in [6.45, 7) is 3.21. The average molecular weight is 255 g/mol. The molecule has 3 nitrogen and oxygen atoms in total. The average Bonchev–Trinajstić information content (AvgIpc) is 1.89. The summed E-state index contributed by atoms with van der Waals surface area (Å²) in [6.07, 6.45) is 3.75. The molecular formula is C6H14IN3. The van der Waals surface area contributed by atoms with E-state index in [2.05, 4.69) is 15.5 Å². The fourth-order valence-electron chi connectivity index (χ4n) is 0.693. The molecule has 0 radical (unpaired) electrons. The number of hydrogen-bond donors (Lipinski definition) is 0. The molecule has 0 bridgehead atoms. The molecule has 0 fully saturated rings. The Balaban J connectivity index is 3.13. The van der Waals surface area contributed by atoms with Crippen molar-refractivity contribution in [3.05, 3.63) is 0 Å². The maximum Gasteiger partial charge on any atom is 0.113 e. The summed E-state index contributed by atoms with van der Waals surface area (Å²) in [5.74, 6) is 0. The second-order valence-corrected chi connectivity index (χ2v) is 2.68. The van der Waals surface area contributed by atoms with Gasteiger partial charge in [-0.1, -0.05) is 28.3 Å². The van der Waals surface area contributed by atoms with Crippen molar-refractivity contribution in [2.24, 2.45) is 8.55 Å². The lowest BCUT2D eigenvalue weighted by atomic mass is 10.2. The van der Waals surface area contributed by atoms with E-state index in [1.807, 2.05) is 34.9 Å². The normalized spacial score (nSPS) is 10.7. The van der Waals surface area contributed by atoms with Crippen LogP contribution < -0.4 is 0 Å². The van der Waals surface area contributed by atoms with Gasteiger partial charge in [0.1, 0.15) is 22.9 Å². The third-order valence-electron chi connectivity index (χ3n) is 1.27. The van der Waals surface area contributed by atoms with E-state index in [0.717, 1.165) is 6.54 Å². The Labute approximate surface area is 76.4 Å². The summed E-state index contributed by atoms with van der Waals surface area (Å²) in [6, 6.07) is 0. The number of halogens is 1. The van der Waals surface area contributed by atoms with Crippen LogP contribution in [0.15, 0.2) is 8.55 Å². The maximum atomic E-state index is 3.84. The van der Waals surface area contributed by atoms with Crippen molar-refractivity contribution in [2.75, 3.05) is 13.6 Å². The number of hydrogen-bond acceptors (Lipinski definition) is 2. The van der Waals surface area contributed by atoms with E-state index in [1.54, 1.807) is 0 Å². The van der Waals surface area contributed by atoms with Gasteiger partial charge in [-0.15, -0.1) is 0 Å². The Morgan fingerprint density at radius 3 is 2.60 bits per heavy atom. The molecule has 0 unspecified atom stereocenters. The predicted molar refractivity (Wildman–Crippen MR) is 51.0 cm³/mol. The molecule has 0 saturated heterocycles. The Kier molecular flexibility index (Phi) is 7.33. The molecule has 60 valence electrons. The Morgan fingerprint density at radius 1 is 1.40 bits per heavy atom. The van der Waals surface area contributed by atoms with Crippen LogP contribution in [0.4, 0.5) is 0 Å². The minimum Gasteiger partial charge on any atom is -0.281 e. The summed E-state index contributed by atoms with van der Waals surface area (Å²) < 4.78 is 3.64. The zero-order chi connectivity index (χ0) is 7.82. The molecule has 0 N–H and O–H groups in total. The third kappa shape index (κ3) is 6.25. The molecule has 0 aliphatic carbocycles. The van der Waals surface area contributed by atoms with Crippen molar-refractivity contribution >= 4 is 22.9 Å². The number of unbranched alkanes of at least 4 members (excludes halogenated alkanes) is 2. The minimum atomic E-state index is 1.01. The predicted octanol–water partition coefficient (Wildman–Crippen LogP) is 2.83. The van der Waals surface area contributed by atoms with Crippen LogP contribution in [0.2, 0.25) is 0 Å². The van der Waals surface area contributed by atoms with Gasteiger partial charge in [0, 0.05) is 13.6 Å². The van der Waals surface area contributed by atoms with Crippen LogP contribution in [0.1, 0.15) is 26.2 Å². The second-order valence-electron chi connectivity index (χ2n) is 2.25. The largest absolute Gasteiger partial charge is 0.281 e. The minimum absolute atomic E-state index is 1.01. The smallest absolute Gasteiger partial charge is 0.113 e. The fraction of sp³-hybridized carbons (Fsp3) is 1.00. The second kappa shape index (κ2) is 7.24. The van der Waals surface area contributed by atoms with Gasteiger partial charge in [0.05, 0.1) is 0 Å². The molecule has 4 heteroatoms. The molecule has 10 heavy (non-hydrogen) atoms. The molecule has 0 aromatic carbocycles. The Bertz CT molecular complexity index is 95.0. The van der Waals surface area contributed by atoms with Gasteiger partial charge < -0.3 is 0 Å². The monoisotopic (exact) mass is 255 g/mol. The Morgan fingerprint density at radius 2 is 2.10 bits per heavy atom. The van der Waals surface area contributed by atoms with Gasteiger partial charge in [-0.2, -0.15) is 0 Å². The van der Waals surface area contributed by atoms with E-state index in [9.17, 15) is 0 Å². The van der Waals surface area contributed by atoms with Crippen molar-refractivity contribution in [3.63, 3.8) is 0 Å². The van der Waals surface area contributed by atoms with Gasteiger partial charge in [0.2, 0.25) is 0 Å². The first kappa shape index (κ1) is 10.1. The summed E-state index contributed by atoms with van der Waals surface area (Å²) >= 11 is 1.88. The SMILES string of the molecule is CCCCCN(C)N=NI. The van der Waals surface area contributed by atoms with E-state index in [-0.39, 0.29) is 0 Å². The van der Waals surface area contributed by atoms with Gasteiger partial charge in [0.15, 0.2) is 0 Å². The zero-order valence-electron chi connectivity index (χ0n) is 6.55. The highest BCUT2D eigenvalue weighted by Gasteiger charge is 1.90. The highest BCUT2D eigenvalue weighted by Crippen LogP contribution is 1.97. The molecule has 0 aromatic heterocycles. The van der Waals surface area contributed by atoms with Crippen LogP contribution in [0.25, 0.3) is 0 Å². The molecule has 0 rings (SSSR count). The highest BCUT2D eigenvalue weighted by molar-refractivity contribution is 14.1. The molecule has 0 atom stereocenters. The van der Waals surface area contributed by atoms with Crippen LogP contribution in [0.5, 0.6) is 0 Å². The zero-order valence-corrected chi connectivity index (χ0v) is 8.71. The summed E-state index contributed by atoms with van der Waals surface area (Å²) in [7, 11) is 1.94. The fourth-order valence-corrected chi connectivity index (χ4v) is 1.02. The standard InChI is InChI=1S/C6H14IN3/c1-3-4-5-6-10(2)9-8-7/h3-6H2,1-2H3. The maximum absolute atomic E-state index is 3.84. The Hall–Kier alpha value is 0.130. The molecule has 0 spiro atoms. The molecule has 0 amide bonds. The lowest BCUT2D eigenvalue weighted by Crippen LogP contribution is -2.10. The molecule has 0 heterocycles. The van der Waals surface area contributed by atoms with Crippen molar-refractivity contribution < 1.29 is 0 Å². The third-order valence-corrected chi connectivity index (χ3v) is 1.46. The summed E-state index contributed by atoms with van der Waals surface area (Å²) in [4.78, 5) is 0. The topological polar surface area (TPSA) is 28.0 Å². The van der Waals surface area contributed by atoms with Crippen molar-refractivity contribution in [1.29, 1.82) is 0 Å². The van der Waals surface area contributed by atoms with E-state index < -0.39 is 0 Å². The van der Waals surface area contributed by atoms with Crippen molar-refractivity contribution in [1.82, 2.24) is 5.01 Å². The van der Waals surface area contributed by atoms with Crippen molar-refractivity contribution in [2.45, 2.75) is 26.2 Å². The number of rotatable bonds is 5. The molecule has 0 aliphatic heterocycles. The number of nitrogens with zero attached hydrogens (tertiary/aromatic N) is 3. The van der Waals surface area contributed by atoms with E-state index >= 15 is 0 Å². The van der Waals surface area contributed by atoms with Crippen LogP contribution in [0.3, 0.4) is 0 Å². The molecule has 0 saturated carbocycles. The van der Waals surface area contributed by atoms with E-state index in [1.165, 1.54) is 19.3 Å². The van der Waals surface area contributed by atoms with Crippen LogP contribution >= 0.6 is 22.9 Å². The lowest BCUT2D eigenvalue weighted by molar-refractivity contribution is 0.327. The van der Waals surface area contributed by atoms with Crippen LogP contribution in [-0.2, 0) is 0 Å². The van der Waals surface area contributed by atoms with Gasteiger partial charge in [-0.3, -0.25) is 5.01 Å². The van der Waals surface area contributed by atoms with E-state index in [4.69, 9.17) is 0 Å². The first-order valence-corrected chi connectivity index (χ1v) is 4.50. The first-order valence-electron chi connectivity index (χ1n) is 3.54. The highest BCUT2D eigenvalue weighted by atomic mass is 127. The lowest BCUT2D eigenvalue weighted by Gasteiger charge is -2.08. The van der Waals surface area contributed by atoms with Gasteiger partial charge in [-0.05, 0) is 6.42 Å². The van der Waals surface area contributed by atoms with Gasteiger partial charge in [0.25, 0.3) is 0 Å². The quantitative estimate of drug-likeness (QED) is 0.321. The van der Waals surface area contributed by atoms with Gasteiger partial charge >= 0.3 is 0 Å². The van der Waals surface area contributed by atoms with Crippen LogP contribution in [-0.4, -0.2) is 18.6 Å². The first-order chi connectivity index (χ1) is 4.81. The van der Waals surface area contributed by atoms with Crippen molar-refractivity contribution in [3.8, 4) is 0 Å². The van der Waals surface area contributed by atoms with Crippen LogP contribution in [0, 0.1) is 0 Å². The summed E-state index contributed by atoms with van der Waals surface area (Å²) in [5.41, 5.74) is 0. The molecule has 0 aromatic rings. The molecular weight excluding hydrogens is 241 g/mol. The van der Waals surface area contributed by atoms with E-state index in [0.29, 0.717) is 0 Å². The van der Waals surface area contributed by atoms with Gasteiger partial charge in [-0.25, -0.2) is 0 Å². The summed E-state index contributed by atoms with van der Waals surface area (Å²) in [5, 5.41) is 5.70. The molecule has 0 aliphatic rings.